The van der Waals surface area contributed by atoms with E-state index in [-0.39, 0.29) is 17.7 Å². The van der Waals surface area contributed by atoms with Crippen LogP contribution in [0.4, 0.5) is 11.4 Å². The molecule has 11 aromatic rings. The standard InChI is InChI=1S/C56H40BN3OS/c1-55(2,3)32-19-21-33(22-20-32)60-47-27-38-34-15-9-11-17-42(34)56(4,5)43(38)26-40(47)36-23-24-37-39-25-41-35-16-10-12-18-50(35)62-51(41)30-46(39)59-48-29-49-45(28-44(48)57(60)52(36)53(37)59)58-54(61-49)31-13-7-6-8-14-31/h6-30H,1-5H3. The van der Waals surface area contributed by atoms with Crippen LogP contribution in [-0.2, 0) is 10.8 Å². The molecule has 62 heavy (non-hydrogen) atoms. The average molecular weight is 814 g/mol. The van der Waals surface area contributed by atoms with Gasteiger partial charge in [0.1, 0.15) is 5.52 Å². The summed E-state index contributed by atoms with van der Waals surface area (Å²) in [7, 11) is 0. The Morgan fingerprint density at radius 2 is 1.40 bits per heavy atom. The zero-order valence-electron chi connectivity index (χ0n) is 35.2. The summed E-state index contributed by atoms with van der Waals surface area (Å²) in [5.41, 5.74) is 20.4. The third-order valence-electron chi connectivity index (χ3n) is 14.4. The molecule has 0 amide bonds. The second-order valence-corrected chi connectivity index (χ2v) is 20.2. The van der Waals surface area contributed by atoms with Crippen molar-refractivity contribution in [3.05, 3.63) is 168 Å². The lowest BCUT2D eigenvalue weighted by atomic mass is 9.44. The van der Waals surface area contributed by atoms with Gasteiger partial charge in [0.2, 0.25) is 5.89 Å². The van der Waals surface area contributed by atoms with E-state index < -0.39 is 0 Å². The van der Waals surface area contributed by atoms with Gasteiger partial charge in [-0.3, -0.25) is 0 Å². The summed E-state index contributed by atoms with van der Waals surface area (Å²) in [5, 5.41) is 5.17. The smallest absolute Gasteiger partial charge is 0.333 e. The van der Waals surface area contributed by atoms with E-state index in [0.29, 0.717) is 5.89 Å². The van der Waals surface area contributed by atoms with Crippen LogP contribution < -0.4 is 15.7 Å². The Bertz CT molecular complexity index is 3770. The summed E-state index contributed by atoms with van der Waals surface area (Å²) < 4.78 is 11.9. The van der Waals surface area contributed by atoms with Gasteiger partial charge in [0.25, 0.3) is 0 Å². The number of benzene rings is 8. The van der Waals surface area contributed by atoms with Gasteiger partial charge in [-0.1, -0.05) is 120 Å². The molecule has 0 radical (unpaired) electrons. The third kappa shape index (κ3) is 4.45. The molecule has 8 aromatic carbocycles. The minimum Gasteiger partial charge on any atom is -0.436 e. The fourth-order valence-electron chi connectivity index (χ4n) is 11.3. The topological polar surface area (TPSA) is 34.2 Å². The molecule has 14 rings (SSSR count). The number of hydrogen-bond acceptors (Lipinski definition) is 4. The maximum atomic E-state index is 6.69. The number of oxazole rings is 1. The summed E-state index contributed by atoms with van der Waals surface area (Å²) in [6, 6.07) is 56.9. The van der Waals surface area contributed by atoms with E-state index in [4.69, 9.17) is 9.40 Å². The number of fused-ring (bicyclic) bond motifs is 15. The van der Waals surface area contributed by atoms with Gasteiger partial charge in [-0.2, -0.15) is 0 Å². The first-order valence-corrected chi connectivity index (χ1v) is 22.5. The molecule has 0 N–H and O–H groups in total. The van der Waals surface area contributed by atoms with Crippen molar-refractivity contribution in [1.82, 2.24) is 9.55 Å². The van der Waals surface area contributed by atoms with Crippen LogP contribution in [0, 0.1) is 0 Å². The van der Waals surface area contributed by atoms with Crippen molar-refractivity contribution < 1.29 is 4.42 Å². The van der Waals surface area contributed by atoms with Crippen LogP contribution in [0.5, 0.6) is 0 Å². The Labute approximate surface area is 363 Å². The Morgan fingerprint density at radius 1 is 0.613 bits per heavy atom. The highest BCUT2D eigenvalue weighted by Crippen LogP contribution is 2.54. The highest BCUT2D eigenvalue weighted by atomic mass is 32.1. The summed E-state index contributed by atoms with van der Waals surface area (Å²) in [6.07, 6.45) is 0. The largest absolute Gasteiger partial charge is 0.436 e. The maximum Gasteiger partial charge on any atom is 0.333 e. The number of nitrogens with zero attached hydrogens (tertiary/aromatic N) is 3. The molecule has 3 aliphatic rings. The molecule has 0 fully saturated rings. The molecule has 0 unspecified atom stereocenters. The lowest BCUT2D eigenvalue weighted by Gasteiger charge is -2.42. The van der Waals surface area contributed by atoms with Gasteiger partial charge in [-0.15, -0.1) is 11.3 Å². The third-order valence-corrected chi connectivity index (χ3v) is 15.5. The van der Waals surface area contributed by atoms with Crippen LogP contribution in [0.3, 0.4) is 0 Å². The second kappa shape index (κ2) is 11.7. The summed E-state index contributed by atoms with van der Waals surface area (Å²) in [5.74, 6) is 0.635. The average Bonchev–Trinajstić information content (AvgIpc) is 4.02. The molecule has 0 saturated heterocycles. The normalized spacial score (nSPS) is 14.6. The van der Waals surface area contributed by atoms with Crippen LogP contribution in [0.1, 0.15) is 51.3 Å². The van der Waals surface area contributed by atoms with Crippen molar-refractivity contribution in [3.8, 4) is 39.4 Å². The minimum absolute atomic E-state index is 0.0275. The molecule has 0 spiro atoms. The molecule has 4 nitrogen and oxygen atoms in total. The Kier molecular flexibility index (Phi) is 6.58. The van der Waals surface area contributed by atoms with Gasteiger partial charge in [0.15, 0.2) is 5.58 Å². The van der Waals surface area contributed by atoms with Crippen LogP contribution in [0.15, 0.2) is 156 Å². The van der Waals surface area contributed by atoms with Gasteiger partial charge >= 0.3 is 6.85 Å². The molecule has 6 heteroatoms. The number of thiophene rings is 1. The van der Waals surface area contributed by atoms with Gasteiger partial charge in [0, 0.05) is 70.6 Å². The first-order chi connectivity index (χ1) is 30.1. The van der Waals surface area contributed by atoms with Gasteiger partial charge in [-0.05, 0) is 110 Å². The maximum absolute atomic E-state index is 6.69. The highest BCUT2D eigenvalue weighted by Gasteiger charge is 2.46. The van der Waals surface area contributed by atoms with Crippen LogP contribution >= 0.6 is 11.3 Å². The molecular weight excluding hydrogens is 774 g/mol. The van der Waals surface area contributed by atoms with E-state index >= 15 is 0 Å². The first kappa shape index (κ1) is 34.8. The van der Waals surface area contributed by atoms with Crippen molar-refractivity contribution in [1.29, 1.82) is 0 Å². The van der Waals surface area contributed by atoms with E-state index in [0.717, 1.165) is 22.4 Å². The van der Waals surface area contributed by atoms with Gasteiger partial charge in [-0.25, -0.2) is 4.98 Å². The van der Waals surface area contributed by atoms with Crippen LogP contribution in [0.2, 0.25) is 0 Å². The number of rotatable bonds is 2. The number of hydrogen-bond donors (Lipinski definition) is 0. The lowest BCUT2D eigenvalue weighted by Crippen LogP contribution is -2.60. The fourth-order valence-corrected chi connectivity index (χ4v) is 12.5. The zero-order chi connectivity index (χ0) is 41.4. The van der Waals surface area contributed by atoms with Crippen LogP contribution in [0.25, 0.3) is 92.5 Å². The number of aromatic nitrogens is 2. The van der Waals surface area contributed by atoms with Crippen molar-refractivity contribution in [2.24, 2.45) is 0 Å². The summed E-state index contributed by atoms with van der Waals surface area (Å²) in [6.45, 7) is 11.5. The van der Waals surface area contributed by atoms with E-state index in [1.165, 1.54) is 103 Å². The predicted octanol–water partition coefficient (Wildman–Crippen LogP) is 13.8. The summed E-state index contributed by atoms with van der Waals surface area (Å²) in [4.78, 5) is 7.84. The fraction of sp³-hybridized carbons (Fsp3) is 0.125. The molecule has 1 aliphatic carbocycles. The molecule has 0 bridgehead atoms. The molecule has 0 saturated carbocycles. The molecular formula is C56H40BN3OS. The zero-order valence-corrected chi connectivity index (χ0v) is 36.0. The van der Waals surface area contributed by atoms with E-state index in [9.17, 15) is 0 Å². The summed E-state index contributed by atoms with van der Waals surface area (Å²) >= 11 is 1.88. The Morgan fingerprint density at radius 3 is 2.24 bits per heavy atom. The van der Waals surface area contributed by atoms with Crippen molar-refractivity contribution >= 4 is 93.6 Å². The number of anilines is 2. The molecule has 294 valence electrons. The second-order valence-electron chi connectivity index (χ2n) is 19.1. The quantitative estimate of drug-likeness (QED) is 0.163. The van der Waals surface area contributed by atoms with Crippen molar-refractivity contribution in [2.75, 3.05) is 4.81 Å². The van der Waals surface area contributed by atoms with Crippen LogP contribution in [-0.4, -0.2) is 16.4 Å². The molecule has 0 atom stereocenters. The molecule has 3 aromatic heterocycles. The first-order valence-electron chi connectivity index (χ1n) is 21.7. The van der Waals surface area contributed by atoms with Crippen molar-refractivity contribution in [2.45, 2.75) is 45.4 Å². The van der Waals surface area contributed by atoms with Crippen molar-refractivity contribution in [3.63, 3.8) is 0 Å². The lowest BCUT2D eigenvalue weighted by molar-refractivity contribution is 0.590. The monoisotopic (exact) mass is 813 g/mol. The Balaban J connectivity index is 1.14. The van der Waals surface area contributed by atoms with E-state index in [1.54, 1.807) is 0 Å². The van der Waals surface area contributed by atoms with E-state index in [2.05, 4.69) is 177 Å². The predicted molar refractivity (Wildman–Crippen MR) is 262 cm³/mol. The van der Waals surface area contributed by atoms with Gasteiger partial charge in [0.05, 0.1) is 11.0 Å². The van der Waals surface area contributed by atoms with E-state index in [1.807, 2.05) is 29.5 Å². The molecule has 5 heterocycles. The van der Waals surface area contributed by atoms with Gasteiger partial charge < -0.3 is 13.8 Å². The minimum atomic E-state index is -0.139. The SMILES string of the molecule is CC(C)(C)c1ccc(N2B3c4cc5nc(-c6ccccc6)oc5cc4-n4c5cc6sc7ccccc7c6cc5c5ccc(c3c54)-c3cc4c(cc32)-c2ccccc2C4(C)C)cc1. The highest BCUT2D eigenvalue weighted by molar-refractivity contribution is 7.25. The Hall–Kier alpha value is -6.89. The molecule has 2 aliphatic heterocycles.